The first kappa shape index (κ1) is 17.1. The van der Waals surface area contributed by atoms with Crippen LogP contribution in [0.15, 0.2) is 36.5 Å². The molecular formula is C20H24N4O. The summed E-state index contributed by atoms with van der Waals surface area (Å²) < 4.78 is 1.89. The molecule has 1 N–H and O–H groups in total. The molecule has 0 radical (unpaired) electrons. The Kier molecular flexibility index (Phi) is 4.83. The molecule has 0 saturated carbocycles. The van der Waals surface area contributed by atoms with Gasteiger partial charge >= 0.3 is 0 Å². The fourth-order valence-electron chi connectivity index (χ4n) is 2.84. The number of aromatic nitrogens is 3. The number of benzene rings is 1. The minimum atomic E-state index is -0.0604. The van der Waals surface area contributed by atoms with Crippen molar-refractivity contribution in [2.24, 2.45) is 0 Å². The third kappa shape index (κ3) is 3.40. The molecule has 0 bridgehead atoms. The van der Waals surface area contributed by atoms with Gasteiger partial charge in [0.25, 0.3) is 5.91 Å². The van der Waals surface area contributed by atoms with Crippen molar-refractivity contribution in [3.8, 4) is 11.3 Å². The van der Waals surface area contributed by atoms with Crippen LogP contribution < -0.4 is 5.32 Å². The first-order chi connectivity index (χ1) is 12.0. The summed E-state index contributed by atoms with van der Waals surface area (Å²) in [5.41, 5.74) is 4.14. The summed E-state index contributed by atoms with van der Waals surface area (Å²) in [4.78, 5) is 17.6. The lowest BCUT2D eigenvalue weighted by atomic mass is 10.0. The van der Waals surface area contributed by atoms with Crippen molar-refractivity contribution in [2.45, 2.75) is 46.7 Å². The van der Waals surface area contributed by atoms with Crippen LogP contribution in [0.2, 0.25) is 0 Å². The summed E-state index contributed by atoms with van der Waals surface area (Å²) in [6.07, 6.45) is 2.88. The molecule has 1 aromatic carbocycles. The fourth-order valence-corrected chi connectivity index (χ4v) is 2.84. The van der Waals surface area contributed by atoms with Gasteiger partial charge < -0.3 is 5.32 Å². The normalized spacial score (nSPS) is 12.3. The van der Waals surface area contributed by atoms with E-state index >= 15 is 0 Å². The van der Waals surface area contributed by atoms with Gasteiger partial charge in [0.1, 0.15) is 0 Å². The third-order valence-electron chi connectivity index (χ3n) is 4.50. The number of carbonyl (C=O) groups excluding carboxylic acids is 1. The van der Waals surface area contributed by atoms with Gasteiger partial charge in [-0.3, -0.25) is 9.48 Å². The molecule has 0 aliphatic heterocycles. The van der Waals surface area contributed by atoms with Crippen LogP contribution >= 0.6 is 0 Å². The molecule has 1 atom stereocenters. The second-order valence-electron chi connectivity index (χ2n) is 6.34. The van der Waals surface area contributed by atoms with Crippen LogP contribution in [-0.4, -0.2) is 26.7 Å². The van der Waals surface area contributed by atoms with Crippen molar-refractivity contribution >= 4 is 16.8 Å². The number of amides is 1. The molecule has 3 rings (SSSR count). The highest BCUT2D eigenvalue weighted by atomic mass is 16.1. The standard InChI is InChI=1S/C20H24N4O/c1-5-13(3)21-20(25)16-11-19(17-12-24(6-2)23-14(17)4)22-18-10-8-7-9-15(16)18/h7-13H,5-6H2,1-4H3,(H,21,25). The highest BCUT2D eigenvalue weighted by Gasteiger charge is 2.17. The van der Waals surface area contributed by atoms with Crippen molar-refractivity contribution in [3.63, 3.8) is 0 Å². The zero-order chi connectivity index (χ0) is 18.0. The van der Waals surface area contributed by atoms with Crippen molar-refractivity contribution in [3.05, 3.63) is 47.8 Å². The van der Waals surface area contributed by atoms with Gasteiger partial charge in [-0.2, -0.15) is 5.10 Å². The Morgan fingerprint density at radius 1 is 1.28 bits per heavy atom. The topological polar surface area (TPSA) is 59.8 Å². The van der Waals surface area contributed by atoms with Gasteiger partial charge in [-0.25, -0.2) is 4.98 Å². The SMILES string of the molecule is CCC(C)NC(=O)c1cc(-c2cn(CC)nc2C)nc2ccccc12. The molecule has 0 saturated heterocycles. The number of aryl methyl sites for hydroxylation is 2. The van der Waals surface area contributed by atoms with Crippen molar-refractivity contribution in [1.29, 1.82) is 0 Å². The Hall–Kier alpha value is -2.69. The van der Waals surface area contributed by atoms with E-state index in [1.807, 2.05) is 55.1 Å². The minimum absolute atomic E-state index is 0.0604. The van der Waals surface area contributed by atoms with Gasteiger partial charge in [-0.05, 0) is 39.3 Å². The number of pyridine rings is 1. The van der Waals surface area contributed by atoms with E-state index in [0.29, 0.717) is 5.56 Å². The molecule has 0 aliphatic rings. The predicted molar refractivity (Wildman–Crippen MR) is 101 cm³/mol. The van der Waals surface area contributed by atoms with Gasteiger partial charge in [-0.1, -0.05) is 25.1 Å². The predicted octanol–water partition coefficient (Wildman–Crippen LogP) is 3.95. The Morgan fingerprint density at radius 3 is 2.72 bits per heavy atom. The lowest BCUT2D eigenvalue weighted by Crippen LogP contribution is -2.32. The van der Waals surface area contributed by atoms with Gasteiger partial charge in [0.15, 0.2) is 0 Å². The zero-order valence-corrected chi connectivity index (χ0v) is 15.2. The molecule has 0 aliphatic carbocycles. The lowest BCUT2D eigenvalue weighted by molar-refractivity contribution is 0.0941. The zero-order valence-electron chi connectivity index (χ0n) is 15.2. The van der Waals surface area contributed by atoms with Gasteiger partial charge in [0.05, 0.1) is 22.5 Å². The van der Waals surface area contributed by atoms with E-state index < -0.39 is 0 Å². The van der Waals surface area contributed by atoms with E-state index in [-0.39, 0.29) is 11.9 Å². The van der Waals surface area contributed by atoms with E-state index in [0.717, 1.165) is 40.8 Å². The molecule has 1 amide bonds. The summed E-state index contributed by atoms with van der Waals surface area (Å²) >= 11 is 0. The molecule has 0 fully saturated rings. The van der Waals surface area contributed by atoms with Crippen molar-refractivity contribution in [2.75, 3.05) is 0 Å². The smallest absolute Gasteiger partial charge is 0.252 e. The second kappa shape index (κ2) is 7.05. The maximum atomic E-state index is 12.8. The van der Waals surface area contributed by atoms with Crippen LogP contribution in [0.3, 0.4) is 0 Å². The summed E-state index contributed by atoms with van der Waals surface area (Å²) in [5.74, 6) is -0.0604. The number of para-hydroxylation sites is 1. The van der Waals surface area contributed by atoms with Crippen molar-refractivity contribution < 1.29 is 4.79 Å². The Labute approximate surface area is 148 Å². The van der Waals surface area contributed by atoms with Crippen molar-refractivity contribution in [1.82, 2.24) is 20.1 Å². The Bertz CT molecular complexity index is 913. The van der Waals surface area contributed by atoms with Gasteiger partial charge in [0.2, 0.25) is 0 Å². The number of hydrogen-bond acceptors (Lipinski definition) is 3. The number of hydrogen-bond donors (Lipinski definition) is 1. The van der Waals surface area contributed by atoms with Crippen LogP contribution in [0, 0.1) is 6.92 Å². The summed E-state index contributed by atoms with van der Waals surface area (Å²) in [6, 6.07) is 9.78. The van der Waals surface area contributed by atoms with E-state index in [1.54, 1.807) is 0 Å². The Balaban J connectivity index is 2.15. The number of carbonyl (C=O) groups is 1. The molecule has 0 spiro atoms. The van der Waals surface area contributed by atoms with Crippen LogP contribution in [0.5, 0.6) is 0 Å². The van der Waals surface area contributed by atoms with Crippen LogP contribution in [0.25, 0.3) is 22.2 Å². The molecule has 5 heteroatoms. The average Bonchev–Trinajstić information content (AvgIpc) is 3.01. The van der Waals surface area contributed by atoms with Crippen LogP contribution in [0.1, 0.15) is 43.2 Å². The van der Waals surface area contributed by atoms with E-state index in [4.69, 9.17) is 4.98 Å². The highest BCUT2D eigenvalue weighted by Crippen LogP contribution is 2.26. The first-order valence-electron chi connectivity index (χ1n) is 8.78. The van der Waals surface area contributed by atoms with Crippen LogP contribution in [-0.2, 0) is 6.54 Å². The first-order valence-corrected chi connectivity index (χ1v) is 8.78. The molecule has 25 heavy (non-hydrogen) atoms. The quantitative estimate of drug-likeness (QED) is 0.767. The number of nitrogens with zero attached hydrogens (tertiary/aromatic N) is 3. The van der Waals surface area contributed by atoms with Crippen LogP contribution in [0.4, 0.5) is 0 Å². The number of rotatable bonds is 5. The second-order valence-corrected chi connectivity index (χ2v) is 6.34. The van der Waals surface area contributed by atoms with Gasteiger partial charge in [0, 0.05) is 29.7 Å². The number of fused-ring (bicyclic) bond motifs is 1. The Morgan fingerprint density at radius 2 is 2.04 bits per heavy atom. The lowest BCUT2D eigenvalue weighted by Gasteiger charge is -2.14. The average molecular weight is 336 g/mol. The molecule has 2 aromatic heterocycles. The highest BCUT2D eigenvalue weighted by molar-refractivity contribution is 6.07. The fraction of sp³-hybridized carbons (Fsp3) is 0.350. The summed E-state index contributed by atoms with van der Waals surface area (Å²) in [6.45, 7) is 8.89. The monoisotopic (exact) mass is 336 g/mol. The third-order valence-corrected chi connectivity index (χ3v) is 4.50. The number of nitrogens with one attached hydrogen (secondary N) is 1. The maximum absolute atomic E-state index is 12.8. The largest absolute Gasteiger partial charge is 0.350 e. The maximum Gasteiger partial charge on any atom is 0.252 e. The molecule has 3 aromatic rings. The molecular weight excluding hydrogens is 312 g/mol. The molecule has 130 valence electrons. The minimum Gasteiger partial charge on any atom is -0.350 e. The van der Waals surface area contributed by atoms with Gasteiger partial charge in [-0.15, -0.1) is 0 Å². The summed E-state index contributed by atoms with van der Waals surface area (Å²) in [5, 5.41) is 8.43. The van der Waals surface area contributed by atoms with E-state index in [1.165, 1.54) is 0 Å². The van der Waals surface area contributed by atoms with E-state index in [9.17, 15) is 4.79 Å². The van der Waals surface area contributed by atoms with E-state index in [2.05, 4.69) is 24.3 Å². The molecule has 5 nitrogen and oxygen atoms in total. The molecule has 2 heterocycles. The molecule has 1 unspecified atom stereocenters. The summed E-state index contributed by atoms with van der Waals surface area (Å²) in [7, 11) is 0.